The molecular formula is C13H15F3O5S2. The van der Waals surface area contributed by atoms with E-state index in [1.54, 1.807) is 0 Å². The fourth-order valence-corrected chi connectivity index (χ4v) is 4.76. The molecule has 0 radical (unpaired) electrons. The molecule has 2 rings (SSSR count). The third kappa shape index (κ3) is 4.45. The summed E-state index contributed by atoms with van der Waals surface area (Å²) in [6.07, 6.45) is -3.40. The van der Waals surface area contributed by atoms with Gasteiger partial charge in [0.2, 0.25) is 0 Å². The van der Waals surface area contributed by atoms with Gasteiger partial charge in [0.25, 0.3) is 10.1 Å². The van der Waals surface area contributed by atoms with E-state index in [1.165, 1.54) is 0 Å². The first-order valence-electron chi connectivity index (χ1n) is 6.65. The Balaban J connectivity index is 2.07. The molecule has 0 amide bonds. The van der Waals surface area contributed by atoms with E-state index in [0.29, 0.717) is 6.07 Å². The number of alkyl halides is 3. The Morgan fingerprint density at radius 2 is 1.78 bits per heavy atom. The number of sulfone groups is 1. The Labute approximate surface area is 132 Å². The first-order chi connectivity index (χ1) is 10.4. The molecule has 1 aromatic rings. The number of halogens is 3. The topological polar surface area (TPSA) is 77.5 Å². The summed E-state index contributed by atoms with van der Waals surface area (Å²) in [5.74, 6) is -0.240. The van der Waals surface area contributed by atoms with Crippen LogP contribution in [0.1, 0.15) is 18.4 Å². The number of hydrogen-bond acceptors (Lipinski definition) is 5. The van der Waals surface area contributed by atoms with Gasteiger partial charge in [0.15, 0.2) is 9.84 Å². The van der Waals surface area contributed by atoms with Gasteiger partial charge in [-0.1, -0.05) is 6.07 Å². The lowest BCUT2D eigenvalue weighted by Crippen LogP contribution is -2.38. The van der Waals surface area contributed by atoms with Crippen LogP contribution in [0.4, 0.5) is 13.2 Å². The normalized spacial score (nSPS) is 22.6. The predicted molar refractivity (Wildman–Crippen MR) is 75.9 cm³/mol. The summed E-state index contributed by atoms with van der Waals surface area (Å²) in [5, 5.41) is -0.820. The average molecular weight is 372 g/mol. The standard InChI is InChI=1S/C13H15F3O5S2/c1-22(17,18)21-8-9-5-12(6-9)23(19,20)11-4-2-3-10(7-11)13(14,15)16/h2-4,7,9,12H,5-6,8H2,1H3/t9-,12-. The zero-order chi connectivity index (χ0) is 17.5. The van der Waals surface area contributed by atoms with Crippen LogP contribution in [-0.4, -0.2) is 34.9 Å². The molecule has 23 heavy (non-hydrogen) atoms. The second-order valence-corrected chi connectivity index (χ2v) is 9.39. The lowest BCUT2D eigenvalue weighted by Gasteiger charge is -2.34. The fraction of sp³-hybridized carbons (Fsp3) is 0.538. The van der Waals surface area contributed by atoms with Crippen molar-refractivity contribution in [3.05, 3.63) is 29.8 Å². The van der Waals surface area contributed by atoms with E-state index in [-0.39, 0.29) is 30.3 Å². The van der Waals surface area contributed by atoms with E-state index in [9.17, 15) is 30.0 Å². The Bertz CT molecular complexity index is 778. The first-order valence-corrected chi connectivity index (χ1v) is 10.0. The number of rotatable bonds is 5. The van der Waals surface area contributed by atoms with Crippen LogP contribution in [0.15, 0.2) is 29.2 Å². The van der Waals surface area contributed by atoms with Crippen LogP contribution in [-0.2, 0) is 30.3 Å². The maximum absolute atomic E-state index is 12.7. The summed E-state index contributed by atoms with van der Waals surface area (Å²) >= 11 is 0. The van der Waals surface area contributed by atoms with Gasteiger partial charge in [0.1, 0.15) is 0 Å². The molecule has 1 saturated carbocycles. The van der Waals surface area contributed by atoms with Gasteiger partial charge in [-0.25, -0.2) is 8.42 Å². The molecule has 1 aromatic carbocycles. The highest BCUT2D eigenvalue weighted by molar-refractivity contribution is 7.92. The van der Waals surface area contributed by atoms with Crippen LogP contribution in [0, 0.1) is 5.92 Å². The maximum atomic E-state index is 12.7. The summed E-state index contributed by atoms with van der Waals surface area (Å²) < 4.78 is 88.9. The van der Waals surface area contributed by atoms with Crippen LogP contribution >= 0.6 is 0 Å². The molecule has 0 aliphatic heterocycles. The van der Waals surface area contributed by atoms with Crippen LogP contribution in [0.2, 0.25) is 0 Å². The Morgan fingerprint density at radius 1 is 1.17 bits per heavy atom. The van der Waals surface area contributed by atoms with Crippen molar-refractivity contribution in [1.82, 2.24) is 0 Å². The highest BCUT2D eigenvalue weighted by Gasteiger charge is 2.41. The SMILES string of the molecule is CS(=O)(=O)OC[C@H]1C[C@H](S(=O)(=O)c2cccc(C(F)(F)F)c2)C1. The minimum Gasteiger partial charge on any atom is -0.270 e. The van der Waals surface area contributed by atoms with Gasteiger partial charge in [-0.3, -0.25) is 4.18 Å². The lowest BCUT2D eigenvalue weighted by molar-refractivity contribution is -0.137. The Morgan fingerprint density at radius 3 is 2.30 bits per heavy atom. The van der Waals surface area contributed by atoms with E-state index in [1.807, 2.05) is 0 Å². The minimum absolute atomic E-state index is 0.118. The fourth-order valence-electron chi connectivity index (χ4n) is 2.33. The second kappa shape index (κ2) is 6.06. The molecule has 1 aliphatic rings. The molecule has 10 heteroatoms. The van der Waals surface area contributed by atoms with Crippen LogP contribution in [0.3, 0.4) is 0 Å². The third-order valence-corrected chi connectivity index (χ3v) is 6.38. The third-order valence-electron chi connectivity index (χ3n) is 3.64. The van der Waals surface area contributed by atoms with Crippen molar-refractivity contribution in [2.45, 2.75) is 29.2 Å². The number of hydrogen-bond donors (Lipinski definition) is 0. The van der Waals surface area contributed by atoms with E-state index >= 15 is 0 Å². The van der Waals surface area contributed by atoms with Crippen molar-refractivity contribution in [2.24, 2.45) is 5.92 Å². The van der Waals surface area contributed by atoms with Crippen molar-refractivity contribution in [1.29, 1.82) is 0 Å². The molecule has 0 atom stereocenters. The highest BCUT2D eigenvalue weighted by atomic mass is 32.2. The van der Waals surface area contributed by atoms with Gasteiger partial charge >= 0.3 is 6.18 Å². The Hall–Kier alpha value is -1.13. The molecule has 0 aromatic heterocycles. The van der Waals surface area contributed by atoms with E-state index in [4.69, 9.17) is 0 Å². The monoisotopic (exact) mass is 372 g/mol. The zero-order valence-corrected chi connectivity index (χ0v) is 13.7. The summed E-state index contributed by atoms with van der Waals surface area (Å²) in [6, 6.07) is 3.61. The molecule has 1 fully saturated rings. The molecular weight excluding hydrogens is 357 g/mol. The minimum atomic E-state index is -4.61. The van der Waals surface area contributed by atoms with Crippen LogP contribution < -0.4 is 0 Å². The first kappa shape index (κ1) is 18.2. The van der Waals surface area contributed by atoms with Gasteiger partial charge in [-0.2, -0.15) is 21.6 Å². The summed E-state index contributed by atoms with van der Waals surface area (Å²) in [4.78, 5) is -0.375. The van der Waals surface area contributed by atoms with Crippen molar-refractivity contribution < 1.29 is 34.2 Å². The van der Waals surface area contributed by atoms with E-state index in [0.717, 1.165) is 24.5 Å². The maximum Gasteiger partial charge on any atom is 0.416 e. The molecule has 1 aliphatic carbocycles. The lowest BCUT2D eigenvalue weighted by atomic mass is 9.86. The van der Waals surface area contributed by atoms with E-state index < -0.39 is 36.9 Å². The molecule has 0 heterocycles. The van der Waals surface area contributed by atoms with Gasteiger partial charge in [-0.05, 0) is 37.0 Å². The van der Waals surface area contributed by atoms with Crippen LogP contribution in [0.25, 0.3) is 0 Å². The van der Waals surface area contributed by atoms with Crippen molar-refractivity contribution in [2.75, 3.05) is 12.9 Å². The summed E-state index contributed by atoms with van der Waals surface area (Å²) in [7, 11) is -7.47. The summed E-state index contributed by atoms with van der Waals surface area (Å²) in [5.41, 5.74) is -1.02. The molecule has 0 N–H and O–H groups in total. The number of benzene rings is 1. The smallest absolute Gasteiger partial charge is 0.270 e. The van der Waals surface area contributed by atoms with Crippen LogP contribution in [0.5, 0.6) is 0 Å². The second-order valence-electron chi connectivity index (χ2n) is 5.52. The van der Waals surface area contributed by atoms with Gasteiger partial charge in [-0.15, -0.1) is 0 Å². The van der Waals surface area contributed by atoms with E-state index in [2.05, 4.69) is 4.18 Å². The predicted octanol–water partition coefficient (Wildman–Crippen LogP) is 2.23. The molecule has 5 nitrogen and oxygen atoms in total. The van der Waals surface area contributed by atoms with Gasteiger partial charge in [0.05, 0.1) is 28.6 Å². The molecule has 130 valence electrons. The molecule has 0 spiro atoms. The average Bonchev–Trinajstić information content (AvgIpc) is 2.34. The molecule has 0 unspecified atom stereocenters. The van der Waals surface area contributed by atoms with Crippen molar-refractivity contribution in [3.8, 4) is 0 Å². The Kier molecular flexibility index (Phi) is 4.80. The molecule has 0 saturated heterocycles. The zero-order valence-electron chi connectivity index (χ0n) is 12.1. The molecule has 0 bridgehead atoms. The summed E-state index contributed by atoms with van der Waals surface area (Å²) in [6.45, 7) is -0.118. The largest absolute Gasteiger partial charge is 0.416 e. The van der Waals surface area contributed by atoms with Crippen molar-refractivity contribution >= 4 is 20.0 Å². The van der Waals surface area contributed by atoms with Gasteiger partial charge in [0, 0.05) is 0 Å². The van der Waals surface area contributed by atoms with Gasteiger partial charge < -0.3 is 0 Å². The quantitative estimate of drug-likeness (QED) is 0.741. The van der Waals surface area contributed by atoms with Crippen molar-refractivity contribution in [3.63, 3.8) is 0 Å². The highest BCUT2D eigenvalue weighted by Crippen LogP contribution is 2.38.